The maximum atomic E-state index is 11.3. The third-order valence-electron chi connectivity index (χ3n) is 2.20. The van der Waals surface area contributed by atoms with Crippen molar-refractivity contribution in [2.45, 2.75) is 46.2 Å². The van der Waals surface area contributed by atoms with Crippen molar-refractivity contribution in [1.29, 1.82) is 0 Å². The van der Waals surface area contributed by atoms with Crippen LogP contribution in [0.2, 0.25) is 0 Å². The van der Waals surface area contributed by atoms with E-state index in [0.29, 0.717) is 25.4 Å². The lowest BCUT2D eigenvalue weighted by Gasteiger charge is -2.08. The molecule has 0 aromatic carbocycles. The Kier molecular flexibility index (Phi) is 5.69. The van der Waals surface area contributed by atoms with Gasteiger partial charge >= 0.3 is 0 Å². The molecule has 0 aliphatic heterocycles. The lowest BCUT2D eigenvalue weighted by Crippen LogP contribution is -2.32. The molecule has 0 radical (unpaired) electrons. The zero-order chi connectivity index (χ0) is 12.7. The van der Waals surface area contributed by atoms with Crippen molar-refractivity contribution in [2.24, 2.45) is 0 Å². The van der Waals surface area contributed by atoms with E-state index in [1.54, 1.807) is 6.20 Å². The van der Waals surface area contributed by atoms with Crippen LogP contribution in [-0.4, -0.2) is 23.5 Å². The summed E-state index contributed by atoms with van der Waals surface area (Å²) in [6.45, 7) is 7.11. The van der Waals surface area contributed by atoms with Gasteiger partial charge in [0.25, 0.3) is 0 Å². The summed E-state index contributed by atoms with van der Waals surface area (Å²) in [5, 5.41) is 5.96. The molecule has 0 saturated heterocycles. The zero-order valence-corrected chi connectivity index (χ0v) is 10.7. The molecule has 1 aromatic heterocycles. The average molecular weight is 239 g/mol. The number of oxazole rings is 1. The van der Waals surface area contributed by atoms with Gasteiger partial charge in [0.1, 0.15) is 5.76 Å². The molecule has 5 nitrogen and oxygen atoms in total. The van der Waals surface area contributed by atoms with Gasteiger partial charge in [-0.2, -0.15) is 0 Å². The standard InChI is InChI=1S/C12H21N3O2/c1-4-10-7-14-12(17-10)8-13-6-5-11(16)15-9(2)3/h7,9,13H,4-6,8H2,1-3H3,(H,15,16). The fraction of sp³-hybridized carbons (Fsp3) is 0.667. The fourth-order valence-electron chi connectivity index (χ4n) is 1.38. The number of carbonyl (C=O) groups excluding carboxylic acids is 1. The van der Waals surface area contributed by atoms with E-state index in [9.17, 15) is 4.79 Å². The number of aromatic nitrogens is 1. The highest BCUT2D eigenvalue weighted by Gasteiger charge is 2.04. The van der Waals surface area contributed by atoms with E-state index in [2.05, 4.69) is 15.6 Å². The first-order valence-electron chi connectivity index (χ1n) is 6.05. The van der Waals surface area contributed by atoms with E-state index >= 15 is 0 Å². The molecule has 96 valence electrons. The molecule has 0 spiro atoms. The predicted octanol–water partition coefficient (Wildman–Crippen LogP) is 1.24. The van der Waals surface area contributed by atoms with Gasteiger partial charge in [-0.1, -0.05) is 6.92 Å². The van der Waals surface area contributed by atoms with Gasteiger partial charge in [0.05, 0.1) is 12.7 Å². The SMILES string of the molecule is CCc1cnc(CNCCC(=O)NC(C)C)o1. The minimum absolute atomic E-state index is 0.0640. The van der Waals surface area contributed by atoms with Crippen LogP contribution >= 0.6 is 0 Å². The zero-order valence-electron chi connectivity index (χ0n) is 10.7. The first-order chi connectivity index (χ1) is 8.11. The van der Waals surface area contributed by atoms with Crippen molar-refractivity contribution < 1.29 is 9.21 Å². The molecule has 0 atom stereocenters. The highest BCUT2D eigenvalue weighted by molar-refractivity contribution is 5.76. The topological polar surface area (TPSA) is 67.2 Å². The van der Waals surface area contributed by atoms with Crippen molar-refractivity contribution in [1.82, 2.24) is 15.6 Å². The monoisotopic (exact) mass is 239 g/mol. The van der Waals surface area contributed by atoms with E-state index < -0.39 is 0 Å². The lowest BCUT2D eigenvalue weighted by molar-refractivity contribution is -0.121. The third-order valence-corrected chi connectivity index (χ3v) is 2.20. The maximum absolute atomic E-state index is 11.3. The van der Waals surface area contributed by atoms with Crippen molar-refractivity contribution in [3.63, 3.8) is 0 Å². The summed E-state index contributed by atoms with van der Waals surface area (Å²) in [7, 11) is 0. The van der Waals surface area contributed by atoms with Crippen LogP contribution in [0.4, 0.5) is 0 Å². The Morgan fingerprint density at radius 2 is 2.29 bits per heavy atom. The van der Waals surface area contributed by atoms with Crippen LogP contribution in [0.3, 0.4) is 0 Å². The summed E-state index contributed by atoms with van der Waals surface area (Å²) < 4.78 is 5.43. The maximum Gasteiger partial charge on any atom is 0.221 e. The van der Waals surface area contributed by atoms with Gasteiger partial charge in [0, 0.05) is 25.4 Å². The predicted molar refractivity (Wildman–Crippen MR) is 65.5 cm³/mol. The molecule has 0 aliphatic rings. The van der Waals surface area contributed by atoms with E-state index in [1.807, 2.05) is 20.8 Å². The molecule has 1 amide bonds. The Hall–Kier alpha value is -1.36. The number of amides is 1. The molecule has 17 heavy (non-hydrogen) atoms. The molecule has 5 heteroatoms. The van der Waals surface area contributed by atoms with Crippen LogP contribution in [0.15, 0.2) is 10.6 Å². The van der Waals surface area contributed by atoms with E-state index in [0.717, 1.165) is 12.2 Å². The molecule has 0 saturated carbocycles. The Morgan fingerprint density at radius 3 is 2.88 bits per heavy atom. The van der Waals surface area contributed by atoms with Crippen molar-refractivity contribution in [3.05, 3.63) is 17.8 Å². The summed E-state index contributed by atoms with van der Waals surface area (Å²) in [5.74, 6) is 1.62. The minimum Gasteiger partial charge on any atom is -0.444 e. The summed E-state index contributed by atoms with van der Waals surface area (Å²) >= 11 is 0. The van der Waals surface area contributed by atoms with Crippen molar-refractivity contribution in [3.8, 4) is 0 Å². The van der Waals surface area contributed by atoms with Gasteiger partial charge in [-0.05, 0) is 13.8 Å². The summed E-state index contributed by atoms with van der Waals surface area (Å²) in [6, 6.07) is 0.196. The average Bonchev–Trinajstić information content (AvgIpc) is 2.71. The second-order valence-corrected chi connectivity index (χ2v) is 4.22. The number of hydrogen-bond acceptors (Lipinski definition) is 4. The van der Waals surface area contributed by atoms with Crippen molar-refractivity contribution >= 4 is 5.91 Å². The Balaban J connectivity index is 2.13. The van der Waals surface area contributed by atoms with Crippen LogP contribution in [-0.2, 0) is 17.8 Å². The number of carbonyl (C=O) groups is 1. The van der Waals surface area contributed by atoms with Crippen molar-refractivity contribution in [2.75, 3.05) is 6.54 Å². The number of nitrogens with one attached hydrogen (secondary N) is 2. The number of hydrogen-bond donors (Lipinski definition) is 2. The molecular formula is C12H21N3O2. The van der Waals surface area contributed by atoms with Gasteiger partial charge in [0.2, 0.25) is 11.8 Å². The molecule has 1 rings (SSSR count). The molecular weight excluding hydrogens is 218 g/mol. The highest BCUT2D eigenvalue weighted by Crippen LogP contribution is 2.03. The van der Waals surface area contributed by atoms with Crippen LogP contribution in [0.1, 0.15) is 38.8 Å². The lowest BCUT2D eigenvalue weighted by atomic mass is 10.3. The second kappa shape index (κ2) is 7.06. The van der Waals surface area contributed by atoms with Gasteiger partial charge in [-0.15, -0.1) is 0 Å². The van der Waals surface area contributed by atoms with Gasteiger partial charge in [-0.25, -0.2) is 4.98 Å². The number of nitrogens with zero attached hydrogens (tertiary/aromatic N) is 1. The molecule has 0 fully saturated rings. The van der Waals surface area contributed by atoms with E-state index in [-0.39, 0.29) is 11.9 Å². The van der Waals surface area contributed by atoms with Gasteiger partial charge in [0.15, 0.2) is 0 Å². The van der Waals surface area contributed by atoms with Gasteiger partial charge in [-0.3, -0.25) is 4.79 Å². The molecule has 0 aliphatic carbocycles. The van der Waals surface area contributed by atoms with Crippen LogP contribution < -0.4 is 10.6 Å². The smallest absolute Gasteiger partial charge is 0.221 e. The fourth-order valence-corrected chi connectivity index (χ4v) is 1.38. The van der Waals surface area contributed by atoms with Crippen LogP contribution in [0, 0.1) is 0 Å². The quantitative estimate of drug-likeness (QED) is 0.703. The van der Waals surface area contributed by atoms with Gasteiger partial charge < -0.3 is 15.1 Å². The first-order valence-corrected chi connectivity index (χ1v) is 6.05. The Bertz CT molecular complexity index is 347. The molecule has 0 bridgehead atoms. The van der Waals surface area contributed by atoms with Crippen LogP contribution in [0.25, 0.3) is 0 Å². The first kappa shape index (κ1) is 13.7. The molecule has 1 aromatic rings. The van der Waals surface area contributed by atoms with Crippen LogP contribution in [0.5, 0.6) is 0 Å². The summed E-state index contributed by atoms with van der Waals surface area (Å²) in [4.78, 5) is 15.4. The molecule has 0 unspecified atom stereocenters. The second-order valence-electron chi connectivity index (χ2n) is 4.22. The largest absolute Gasteiger partial charge is 0.444 e. The highest BCUT2D eigenvalue weighted by atomic mass is 16.4. The Labute approximate surface area is 102 Å². The molecule has 1 heterocycles. The third kappa shape index (κ3) is 5.49. The summed E-state index contributed by atoms with van der Waals surface area (Å²) in [6.07, 6.45) is 3.06. The normalized spacial score (nSPS) is 10.8. The summed E-state index contributed by atoms with van der Waals surface area (Å²) in [5.41, 5.74) is 0. The number of rotatable bonds is 7. The Morgan fingerprint density at radius 1 is 1.53 bits per heavy atom. The molecule has 2 N–H and O–H groups in total. The van der Waals surface area contributed by atoms with E-state index in [4.69, 9.17) is 4.42 Å². The minimum atomic E-state index is 0.0640. The van der Waals surface area contributed by atoms with E-state index in [1.165, 1.54) is 0 Å². The number of aryl methyl sites for hydroxylation is 1.